The first-order valence-corrected chi connectivity index (χ1v) is 13.2. The third kappa shape index (κ3) is 5.09. The van der Waals surface area contributed by atoms with E-state index in [1.165, 1.54) is 39.2 Å². The maximum Gasteiger partial charge on any atom is 0.279 e. The number of hydrogen-bond donors (Lipinski definition) is 0. The second-order valence-corrected chi connectivity index (χ2v) is 10.7. The van der Waals surface area contributed by atoms with Crippen LogP contribution in [0.2, 0.25) is 0 Å². The van der Waals surface area contributed by atoms with Crippen LogP contribution in [0.25, 0.3) is 10.2 Å². The minimum Gasteiger partial charge on any atom is -0.314 e. The highest BCUT2D eigenvalue weighted by Gasteiger charge is 2.23. The number of halogens is 2. The molecule has 6 nitrogen and oxygen atoms in total. The average molecular weight is 516 g/mol. The Morgan fingerprint density at radius 2 is 1.71 bits per heavy atom. The fourth-order valence-electron chi connectivity index (χ4n) is 3.73. The van der Waals surface area contributed by atoms with Crippen molar-refractivity contribution in [1.29, 1.82) is 0 Å². The highest BCUT2D eigenvalue weighted by Crippen LogP contribution is 2.23. The quantitative estimate of drug-likeness (QED) is 0.350. The highest BCUT2D eigenvalue weighted by atomic mass is 32.2. The molecule has 0 aliphatic heterocycles. The molecule has 0 saturated carbocycles. The number of fused-ring (bicyclic) bond motifs is 1. The largest absolute Gasteiger partial charge is 0.314 e. The van der Waals surface area contributed by atoms with E-state index in [9.17, 15) is 22.0 Å². The summed E-state index contributed by atoms with van der Waals surface area (Å²) in [6.07, 6.45) is 0. The third-order valence-corrected chi connectivity index (χ3v) is 8.46. The van der Waals surface area contributed by atoms with Crippen LogP contribution in [0.4, 0.5) is 8.78 Å². The van der Waals surface area contributed by atoms with E-state index in [-0.39, 0.29) is 33.9 Å². The molecule has 0 bridgehead atoms. The molecule has 4 aromatic rings. The molecule has 0 unspecified atom stereocenters. The Hall–Kier alpha value is -3.21. The molecule has 0 atom stereocenters. The molecule has 1 aromatic heterocycles. The number of sulfonamides is 1. The van der Waals surface area contributed by atoms with Gasteiger partial charge in [-0.3, -0.25) is 4.79 Å². The Bertz CT molecular complexity index is 1540. The fraction of sp³-hybridized carbons (Fsp3) is 0.200. The number of rotatable bonds is 7. The SMILES string of the molecule is CCN(Cc1ccccc1)S(=O)(=O)c1ccc(C(=O)N=c2sc3cc(F)cc(F)c3n2CC)cc1. The average Bonchev–Trinajstić information content (AvgIpc) is 3.20. The van der Waals surface area contributed by atoms with Gasteiger partial charge in [-0.25, -0.2) is 17.2 Å². The van der Waals surface area contributed by atoms with Gasteiger partial charge in [-0.15, -0.1) is 0 Å². The van der Waals surface area contributed by atoms with Crippen molar-refractivity contribution < 1.29 is 22.0 Å². The van der Waals surface area contributed by atoms with Crippen molar-refractivity contribution in [2.24, 2.45) is 4.99 Å². The molecule has 0 saturated heterocycles. The molecule has 0 N–H and O–H groups in total. The first-order chi connectivity index (χ1) is 16.7. The summed E-state index contributed by atoms with van der Waals surface area (Å²) < 4.78 is 57.4. The fourth-order valence-corrected chi connectivity index (χ4v) is 6.30. The molecule has 35 heavy (non-hydrogen) atoms. The molecule has 182 valence electrons. The van der Waals surface area contributed by atoms with Crippen LogP contribution < -0.4 is 4.80 Å². The van der Waals surface area contributed by atoms with E-state index in [2.05, 4.69) is 4.99 Å². The van der Waals surface area contributed by atoms with Crippen LogP contribution in [0.3, 0.4) is 0 Å². The Kier molecular flexibility index (Phi) is 7.25. The van der Waals surface area contributed by atoms with Gasteiger partial charge in [0.05, 0.1) is 15.1 Å². The summed E-state index contributed by atoms with van der Waals surface area (Å²) in [5.41, 5.74) is 1.24. The van der Waals surface area contributed by atoms with Crippen molar-refractivity contribution in [2.45, 2.75) is 31.8 Å². The lowest BCUT2D eigenvalue weighted by atomic mass is 10.2. The van der Waals surface area contributed by atoms with Gasteiger partial charge < -0.3 is 4.57 Å². The number of carbonyl (C=O) groups is 1. The molecular weight excluding hydrogens is 492 g/mol. The number of nitrogens with zero attached hydrogens (tertiary/aromatic N) is 3. The van der Waals surface area contributed by atoms with E-state index in [1.807, 2.05) is 30.3 Å². The summed E-state index contributed by atoms with van der Waals surface area (Å²) in [6, 6.07) is 16.8. The molecule has 0 spiro atoms. The molecule has 1 amide bonds. The van der Waals surface area contributed by atoms with Gasteiger partial charge in [0, 0.05) is 31.3 Å². The minimum absolute atomic E-state index is 0.0647. The van der Waals surface area contributed by atoms with Gasteiger partial charge in [-0.05, 0) is 42.8 Å². The van der Waals surface area contributed by atoms with Gasteiger partial charge in [0.1, 0.15) is 5.82 Å². The number of benzene rings is 3. The van der Waals surface area contributed by atoms with Crippen molar-refractivity contribution in [3.05, 3.63) is 94.3 Å². The predicted octanol–water partition coefficient (Wildman–Crippen LogP) is 4.95. The van der Waals surface area contributed by atoms with Crippen LogP contribution in [0, 0.1) is 11.6 Å². The van der Waals surface area contributed by atoms with Crippen LogP contribution in [-0.4, -0.2) is 29.7 Å². The van der Waals surface area contributed by atoms with Crippen molar-refractivity contribution in [2.75, 3.05) is 6.54 Å². The molecule has 1 heterocycles. The van der Waals surface area contributed by atoms with Crippen LogP contribution in [0.15, 0.2) is 76.6 Å². The number of amides is 1. The molecule has 4 rings (SSSR count). The molecule has 0 aliphatic carbocycles. The van der Waals surface area contributed by atoms with Crippen LogP contribution in [0.1, 0.15) is 29.8 Å². The molecular formula is C25H23F2N3O3S2. The van der Waals surface area contributed by atoms with Gasteiger partial charge in [0.25, 0.3) is 5.91 Å². The Morgan fingerprint density at radius 3 is 2.34 bits per heavy atom. The normalized spacial score (nSPS) is 12.5. The zero-order chi connectivity index (χ0) is 25.2. The van der Waals surface area contributed by atoms with E-state index >= 15 is 0 Å². The van der Waals surface area contributed by atoms with Crippen molar-refractivity contribution in [3.8, 4) is 0 Å². The lowest BCUT2D eigenvalue weighted by Crippen LogP contribution is -2.30. The van der Waals surface area contributed by atoms with Gasteiger partial charge in [-0.2, -0.15) is 9.30 Å². The summed E-state index contributed by atoms with van der Waals surface area (Å²) in [5, 5.41) is 0. The predicted molar refractivity (Wildman–Crippen MR) is 131 cm³/mol. The third-order valence-electron chi connectivity index (χ3n) is 5.50. The van der Waals surface area contributed by atoms with Gasteiger partial charge in [0.2, 0.25) is 10.0 Å². The molecule has 0 fully saturated rings. The first-order valence-electron chi connectivity index (χ1n) is 11.0. The Balaban J connectivity index is 1.63. The number of hydrogen-bond acceptors (Lipinski definition) is 4. The van der Waals surface area contributed by atoms with Crippen LogP contribution in [-0.2, 0) is 23.1 Å². The maximum atomic E-state index is 14.3. The summed E-state index contributed by atoms with van der Waals surface area (Å²) >= 11 is 1.01. The molecule has 0 radical (unpaired) electrons. The lowest BCUT2D eigenvalue weighted by molar-refractivity contribution is 0.0997. The van der Waals surface area contributed by atoms with Gasteiger partial charge >= 0.3 is 0 Å². The second-order valence-electron chi connectivity index (χ2n) is 7.72. The molecule has 0 aliphatic rings. The number of aromatic nitrogens is 1. The van der Waals surface area contributed by atoms with E-state index in [1.54, 1.807) is 13.8 Å². The van der Waals surface area contributed by atoms with E-state index in [0.29, 0.717) is 11.2 Å². The molecule has 10 heteroatoms. The summed E-state index contributed by atoms with van der Waals surface area (Å²) in [5.74, 6) is -2.04. The van der Waals surface area contributed by atoms with Gasteiger partial charge in [0.15, 0.2) is 10.6 Å². The number of thiazole rings is 1. The monoisotopic (exact) mass is 515 g/mol. The topological polar surface area (TPSA) is 71.7 Å². The summed E-state index contributed by atoms with van der Waals surface area (Å²) in [4.78, 5) is 17.2. The van der Waals surface area contributed by atoms with Crippen molar-refractivity contribution >= 4 is 37.5 Å². The zero-order valence-electron chi connectivity index (χ0n) is 19.1. The van der Waals surface area contributed by atoms with Crippen molar-refractivity contribution in [1.82, 2.24) is 8.87 Å². The molecule has 3 aromatic carbocycles. The Morgan fingerprint density at radius 1 is 1.03 bits per heavy atom. The second kappa shape index (κ2) is 10.2. The van der Waals surface area contributed by atoms with Crippen molar-refractivity contribution in [3.63, 3.8) is 0 Å². The smallest absolute Gasteiger partial charge is 0.279 e. The number of aryl methyl sites for hydroxylation is 1. The Labute approximate surface area is 205 Å². The van der Waals surface area contributed by atoms with Crippen LogP contribution in [0.5, 0.6) is 0 Å². The highest BCUT2D eigenvalue weighted by molar-refractivity contribution is 7.89. The van der Waals surface area contributed by atoms with Crippen LogP contribution >= 0.6 is 11.3 Å². The lowest BCUT2D eigenvalue weighted by Gasteiger charge is -2.20. The summed E-state index contributed by atoms with van der Waals surface area (Å²) in [7, 11) is -3.78. The van der Waals surface area contributed by atoms with E-state index < -0.39 is 27.6 Å². The first kappa shape index (κ1) is 24.9. The minimum atomic E-state index is -3.78. The summed E-state index contributed by atoms with van der Waals surface area (Å²) in [6.45, 7) is 4.39. The maximum absolute atomic E-state index is 14.3. The van der Waals surface area contributed by atoms with Gasteiger partial charge in [-0.1, -0.05) is 48.6 Å². The van der Waals surface area contributed by atoms with E-state index in [0.717, 1.165) is 23.0 Å². The number of carbonyl (C=O) groups excluding carboxylic acids is 1. The standard InChI is InChI=1S/C25H23F2N3O3S2/c1-3-29(16-17-8-6-5-7-9-17)35(32,33)20-12-10-18(11-13-20)24(31)28-25-30(4-2)23-21(27)14-19(26)15-22(23)34-25/h5-15H,3-4,16H2,1-2H3. The van der Waals surface area contributed by atoms with E-state index in [4.69, 9.17) is 0 Å². The zero-order valence-corrected chi connectivity index (χ0v) is 20.7.